The third-order valence-corrected chi connectivity index (χ3v) is 9.68. The Kier molecular flexibility index (Phi) is 13.0. The Bertz CT molecular complexity index is 1520. The zero-order valence-electron chi connectivity index (χ0n) is 28.6. The first-order valence-corrected chi connectivity index (χ1v) is 17.8. The second kappa shape index (κ2) is 16.8. The van der Waals surface area contributed by atoms with Crippen LogP contribution in [0.1, 0.15) is 46.6 Å². The van der Waals surface area contributed by atoms with Crippen molar-refractivity contribution >= 4 is 33.8 Å². The van der Waals surface area contributed by atoms with Crippen LogP contribution in [0.15, 0.2) is 59.5 Å². The number of aliphatic hydroxyl groups excluding tert-OH is 1. The van der Waals surface area contributed by atoms with E-state index in [0.717, 1.165) is 5.56 Å². The average molecular weight is 705 g/mol. The van der Waals surface area contributed by atoms with Gasteiger partial charge in [-0.2, -0.15) is 4.31 Å². The molecule has 2 aliphatic heterocycles. The largest absolute Gasteiger partial charge is 0.444 e. The molecule has 2 heterocycles. The third-order valence-electron chi connectivity index (χ3n) is 7.84. The highest BCUT2D eigenvalue weighted by atomic mass is 32.2. The van der Waals surface area contributed by atoms with Crippen LogP contribution < -0.4 is 16.0 Å². The van der Waals surface area contributed by atoms with E-state index in [1.54, 1.807) is 20.8 Å². The van der Waals surface area contributed by atoms with Gasteiger partial charge in [0.05, 0.1) is 36.2 Å². The van der Waals surface area contributed by atoms with E-state index in [4.69, 9.17) is 18.9 Å². The number of carbonyl (C=O) groups excluding carboxylic acids is 3. The van der Waals surface area contributed by atoms with E-state index in [1.165, 1.54) is 28.6 Å². The van der Waals surface area contributed by atoms with Crippen LogP contribution in [-0.4, -0.2) is 98.9 Å². The summed E-state index contributed by atoms with van der Waals surface area (Å²) < 4.78 is 50.9. The van der Waals surface area contributed by atoms with Gasteiger partial charge in [-0.05, 0) is 69.4 Å². The molecule has 0 aliphatic carbocycles. The lowest BCUT2D eigenvalue weighted by Crippen LogP contribution is -2.51. The summed E-state index contributed by atoms with van der Waals surface area (Å²) in [7, 11) is -4.13. The topological polar surface area (TPSA) is 182 Å². The number of sulfonamides is 1. The molecule has 0 aromatic heterocycles. The second-order valence-corrected chi connectivity index (χ2v) is 15.6. The molecule has 0 bridgehead atoms. The first-order chi connectivity index (χ1) is 23.1. The lowest BCUT2D eigenvalue weighted by Gasteiger charge is -2.31. The first kappa shape index (κ1) is 38.0. The van der Waals surface area contributed by atoms with Gasteiger partial charge in [0.2, 0.25) is 15.9 Å². The van der Waals surface area contributed by atoms with Gasteiger partial charge < -0.3 is 40.0 Å². The fourth-order valence-electron chi connectivity index (χ4n) is 5.57. The van der Waals surface area contributed by atoms with Crippen LogP contribution in [0.2, 0.25) is 0 Å². The van der Waals surface area contributed by atoms with Crippen molar-refractivity contribution in [1.82, 2.24) is 14.9 Å². The molecule has 4 N–H and O–H groups in total. The van der Waals surface area contributed by atoms with E-state index < -0.39 is 58.3 Å². The smallest absolute Gasteiger partial charge is 0.408 e. The molecule has 2 saturated heterocycles. The average Bonchev–Trinajstić information content (AvgIpc) is 3.64. The summed E-state index contributed by atoms with van der Waals surface area (Å²) in [4.78, 5) is 37.2. The third kappa shape index (κ3) is 11.4. The Morgan fingerprint density at radius 2 is 1.69 bits per heavy atom. The molecule has 5 atom stereocenters. The second-order valence-electron chi connectivity index (χ2n) is 13.6. The standard InChI is InChI=1S/C34H48N4O10S/c1-22(2)19-38(49(43,44)25-13-11-24(12-14-25)36-30(40)18-35-32(41)48-34(3,4)5)20-28(39)27(17-23-9-7-6-8-10-23)37-33(42)47-29-21-46-31-26(29)15-16-45-31/h6-14,22,26-29,31,39H,15-21H2,1-5H3,(H,35,41)(H,36,40)(H,37,42)/t26-,27-,28+,29-,31+/m0/s1. The molecule has 3 amide bonds. The number of amides is 3. The highest BCUT2D eigenvalue weighted by Crippen LogP contribution is 2.33. The molecule has 0 unspecified atom stereocenters. The van der Waals surface area contributed by atoms with Crippen LogP contribution >= 0.6 is 0 Å². The minimum absolute atomic E-state index is 0.0493. The van der Waals surface area contributed by atoms with Crippen molar-refractivity contribution in [2.45, 2.75) is 82.5 Å². The van der Waals surface area contributed by atoms with Crippen molar-refractivity contribution in [3.8, 4) is 0 Å². The molecule has 270 valence electrons. The lowest BCUT2D eigenvalue weighted by molar-refractivity contribution is -0.115. The molecule has 0 radical (unpaired) electrons. The number of hydrogen-bond acceptors (Lipinski definition) is 10. The predicted octanol–water partition coefficient (Wildman–Crippen LogP) is 3.26. The van der Waals surface area contributed by atoms with E-state index in [9.17, 15) is 27.9 Å². The van der Waals surface area contributed by atoms with E-state index in [0.29, 0.717) is 18.7 Å². The van der Waals surface area contributed by atoms with Crippen molar-refractivity contribution in [3.63, 3.8) is 0 Å². The van der Waals surface area contributed by atoms with Crippen molar-refractivity contribution in [2.24, 2.45) is 11.8 Å². The molecule has 2 fully saturated rings. The zero-order chi connectivity index (χ0) is 35.8. The molecule has 2 aromatic carbocycles. The Morgan fingerprint density at radius 3 is 2.35 bits per heavy atom. The molecule has 49 heavy (non-hydrogen) atoms. The number of fused-ring (bicyclic) bond motifs is 1. The lowest BCUT2D eigenvalue weighted by atomic mass is 10.0. The summed E-state index contributed by atoms with van der Waals surface area (Å²) in [6.07, 6.45) is -2.74. The maximum atomic E-state index is 13.9. The van der Waals surface area contributed by atoms with Gasteiger partial charge in [-0.25, -0.2) is 18.0 Å². The number of rotatable bonds is 14. The van der Waals surface area contributed by atoms with Gasteiger partial charge in [0, 0.05) is 18.8 Å². The number of aliphatic hydroxyl groups is 1. The van der Waals surface area contributed by atoms with Crippen LogP contribution in [-0.2, 0) is 40.2 Å². The van der Waals surface area contributed by atoms with Crippen LogP contribution in [0.25, 0.3) is 0 Å². The van der Waals surface area contributed by atoms with Gasteiger partial charge in [0.15, 0.2) is 6.29 Å². The molecule has 2 aromatic rings. The number of carbonyl (C=O) groups is 3. The van der Waals surface area contributed by atoms with E-state index in [2.05, 4.69) is 16.0 Å². The van der Waals surface area contributed by atoms with Crippen LogP contribution in [0.5, 0.6) is 0 Å². The zero-order valence-corrected chi connectivity index (χ0v) is 29.4. The molecule has 4 rings (SSSR count). The van der Waals surface area contributed by atoms with Gasteiger partial charge >= 0.3 is 12.2 Å². The number of ether oxygens (including phenoxy) is 4. The molecule has 2 aliphatic rings. The van der Waals surface area contributed by atoms with Gasteiger partial charge in [0.1, 0.15) is 18.2 Å². The number of alkyl carbamates (subject to hydrolysis) is 2. The maximum Gasteiger partial charge on any atom is 0.408 e. The number of anilines is 1. The Hall–Kier alpha value is -3.76. The normalized spacial score (nSPS) is 20.4. The summed E-state index contributed by atoms with van der Waals surface area (Å²) in [6, 6.07) is 13.9. The number of benzene rings is 2. The molecule has 14 nitrogen and oxygen atoms in total. The molecule has 0 spiro atoms. The van der Waals surface area contributed by atoms with Crippen LogP contribution in [0.4, 0.5) is 15.3 Å². The number of nitrogens with zero attached hydrogens (tertiary/aromatic N) is 1. The fraction of sp³-hybridized carbons (Fsp3) is 0.559. The number of hydrogen-bond donors (Lipinski definition) is 4. The van der Waals surface area contributed by atoms with Gasteiger partial charge in [0.25, 0.3) is 0 Å². The summed E-state index contributed by atoms with van der Waals surface area (Å²) in [5, 5.41) is 19.3. The maximum absolute atomic E-state index is 13.9. The Balaban J connectivity index is 1.43. The quantitative estimate of drug-likeness (QED) is 0.228. The Morgan fingerprint density at radius 1 is 1.00 bits per heavy atom. The van der Waals surface area contributed by atoms with Crippen LogP contribution in [0.3, 0.4) is 0 Å². The minimum atomic E-state index is -4.13. The first-order valence-electron chi connectivity index (χ1n) is 16.4. The van der Waals surface area contributed by atoms with Gasteiger partial charge in [-0.15, -0.1) is 0 Å². The van der Waals surface area contributed by atoms with Crippen molar-refractivity contribution in [1.29, 1.82) is 0 Å². The summed E-state index contributed by atoms with van der Waals surface area (Å²) in [5.74, 6) is -0.686. The minimum Gasteiger partial charge on any atom is -0.444 e. The Labute approximate surface area is 287 Å². The fourth-order valence-corrected chi connectivity index (χ4v) is 7.19. The van der Waals surface area contributed by atoms with Gasteiger partial charge in [-0.1, -0.05) is 44.2 Å². The van der Waals surface area contributed by atoms with E-state index in [-0.39, 0.29) is 49.4 Å². The monoisotopic (exact) mass is 704 g/mol. The van der Waals surface area contributed by atoms with Crippen molar-refractivity contribution in [3.05, 3.63) is 60.2 Å². The highest BCUT2D eigenvalue weighted by Gasteiger charge is 2.44. The molecule has 15 heteroatoms. The van der Waals surface area contributed by atoms with E-state index in [1.807, 2.05) is 44.2 Å². The highest BCUT2D eigenvalue weighted by molar-refractivity contribution is 7.89. The SMILES string of the molecule is CC(C)CN(C[C@@H](O)[C@H](Cc1ccccc1)NC(=O)O[C@H]1CO[C@H]2OCC[C@H]21)S(=O)(=O)c1ccc(NC(=O)CNC(=O)OC(C)(C)C)cc1. The number of nitrogens with one attached hydrogen (secondary N) is 3. The van der Waals surface area contributed by atoms with Crippen molar-refractivity contribution in [2.75, 3.05) is 38.2 Å². The summed E-state index contributed by atoms with van der Waals surface area (Å²) >= 11 is 0. The molecular formula is C34H48N4O10S. The molecular weight excluding hydrogens is 656 g/mol. The summed E-state index contributed by atoms with van der Waals surface area (Å²) in [5.41, 5.74) is 0.434. The predicted molar refractivity (Wildman–Crippen MR) is 180 cm³/mol. The van der Waals surface area contributed by atoms with Crippen LogP contribution in [0, 0.1) is 11.8 Å². The van der Waals surface area contributed by atoms with E-state index >= 15 is 0 Å². The molecule has 0 saturated carbocycles. The van der Waals surface area contributed by atoms with Crippen molar-refractivity contribution < 1.29 is 46.9 Å². The summed E-state index contributed by atoms with van der Waals surface area (Å²) in [6.45, 7) is 9.01. The van der Waals surface area contributed by atoms with Gasteiger partial charge in [-0.3, -0.25) is 4.79 Å².